The van der Waals surface area contributed by atoms with Gasteiger partial charge in [0.2, 0.25) is 5.91 Å². The summed E-state index contributed by atoms with van der Waals surface area (Å²) in [5, 5.41) is 0. The lowest BCUT2D eigenvalue weighted by atomic mass is 9.96. The van der Waals surface area contributed by atoms with E-state index in [2.05, 4.69) is 20.7 Å². The van der Waals surface area contributed by atoms with Gasteiger partial charge < -0.3 is 4.90 Å². The van der Waals surface area contributed by atoms with Gasteiger partial charge in [-0.2, -0.15) is 0 Å². The lowest BCUT2D eigenvalue weighted by Gasteiger charge is -2.32. The van der Waals surface area contributed by atoms with E-state index >= 15 is 0 Å². The monoisotopic (exact) mass is 296 g/mol. The number of pyridine rings is 1. The van der Waals surface area contributed by atoms with Gasteiger partial charge in [-0.3, -0.25) is 20.4 Å². The summed E-state index contributed by atoms with van der Waals surface area (Å²) < 4.78 is 0. The van der Waals surface area contributed by atoms with Crippen LogP contribution in [0.5, 0.6) is 0 Å². The van der Waals surface area contributed by atoms with Crippen LogP contribution < -0.4 is 15.8 Å². The van der Waals surface area contributed by atoms with Gasteiger partial charge in [0.05, 0.1) is 0 Å². The molecule has 7 heteroatoms. The van der Waals surface area contributed by atoms with Gasteiger partial charge in [0.15, 0.2) is 0 Å². The van der Waals surface area contributed by atoms with Gasteiger partial charge in [0, 0.05) is 25.2 Å². The molecule has 0 unspecified atom stereocenters. The second-order valence-corrected chi connectivity index (χ2v) is 4.89. The minimum absolute atomic E-state index is 0.0920. The van der Waals surface area contributed by atoms with E-state index in [0.29, 0.717) is 0 Å². The molecule has 0 saturated carbocycles. The van der Waals surface area contributed by atoms with E-state index in [1.165, 1.54) is 0 Å². The van der Waals surface area contributed by atoms with Gasteiger partial charge in [0.25, 0.3) is 5.91 Å². The molecule has 0 bridgehead atoms. The molecule has 0 aliphatic carbocycles. The molecule has 1 aliphatic rings. The molecule has 2 amide bonds. The summed E-state index contributed by atoms with van der Waals surface area (Å²) in [6.07, 6.45) is 3.23. The van der Waals surface area contributed by atoms with E-state index in [1.54, 1.807) is 6.20 Å². The van der Waals surface area contributed by atoms with Crippen LogP contribution in [0.3, 0.4) is 0 Å². The van der Waals surface area contributed by atoms with Gasteiger partial charge in [-0.25, -0.2) is 4.98 Å². The summed E-state index contributed by atoms with van der Waals surface area (Å²) in [6, 6.07) is 5.78. The number of nitrogens with zero attached hydrogens (tertiary/aromatic N) is 2. The summed E-state index contributed by atoms with van der Waals surface area (Å²) in [5.41, 5.74) is 4.68. The second-order valence-electron chi connectivity index (χ2n) is 4.62. The van der Waals surface area contributed by atoms with Crippen molar-refractivity contribution in [3.8, 4) is 0 Å². The number of halogens is 1. The highest BCUT2D eigenvalue weighted by molar-refractivity contribution is 6.27. The molecule has 1 aliphatic heterocycles. The maximum absolute atomic E-state index is 11.9. The van der Waals surface area contributed by atoms with E-state index in [9.17, 15) is 9.59 Å². The van der Waals surface area contributed by atoms with Gasteiger partial charge in [0.1, 0.15) is 11.7 Å². The third-order valence-corrected chi connectivity index (χ3v) is 3.53. The third kappa shape index (κ3) is 3.84. The molecule has 0 radical (unpaired) electrons. The van der Waals surface area contributed by atoms with Crippen molar-refractivity contribution in [1.29, 1.82) is 0 Å². The van der Waals surface area contributed by atoms with Crippen molar-refractivity contribution in [3.05, 3.63) is 24.4 Å². The first-order chi connectivity index (χ1) is 9.70. The molecule has 0 atom stereocenters. The topological polar surface area (TPSA) is 74.3 Å². The zero-order valence-electron chi connectivity index (χ0n) is 11.0. The number of nitrogens with one attached hydrogen (secondary N) is 2. The van der Waals surface area contributed by atoms with E-state index in [0.717, 1.165) is 31.7 Å². The van der Waals surface area contributed by atoms with Crippen molar-refractivity contribution < 1.29 is 9.59 Å². The van der Waals surface area contributed by atoms with Crippen LogP contribution in [-0.2, 0) is 9.59 Å². The average molecular weight is 297 g/mol. The number of hydrazine groups is 1. The average Bonchev–Trinajstić information content (AvgIpc) is 2.53. The number of anilines is 1. The van der Waals surface area contributed by atoms with Gasteiger partial charge in [-0.05, 0) is 25.0 Å². The number of rotatable bonds is 3. The molecule has 0 aromatic carbocycles. The lowest BCUT2D eigenvalue weighted by Crippen LogP contribution is -2.47. The Hall–Kier alpha value is -1.82. The van der Waals surface area contributed by atoms with E-state index < -0.39 is 5.91 Å². The summed E-state index contributed by atoms with van der Waals surface area (Å²) in [6.45, 7) is 1.55. The van der Waals surface area contributed by atoms with Crippen LogP contribution in [0.1, 0.15) is 12.8 Å². The number of amides is 2. The van der Waals surface area contributed by atoms with Crippen LogP contribution in [0.25, 0.3) is 0 Å². The fraction of sp³-hybridized carbons (Fsp3) is 0.462. The predicted octanol–water partition coefficient (Wildman–Crippen LogP) is 0.684. The first-order valence-electron chi connectivity index (χ1n) is 6.51. The standard InChI is InChI=1S/C13H17ClN4O2/c14-9-12(19)16-17-13(20)10-4-7-18(8-5-10)11-3-1-2-6-15-11/h1-3,6,10H,4-5,7-9H2,(H,16,19)(H,17,20). The highest BCUT2D eigenvalue weighted by Gasteiger charge is 2.25. The van der Waals surface area contributed by atoms with Crippen LogP contribution in [0.4, 0.5) is 5.82 Å². The largest absolute Gasteiger partial charge is 0.357 e. The van der Waals surface area contributed by atoms with Gasteiger partial charge >= 0.3 is 0 Å². The van der Waals surface area contributed by atoms with Crippen LogP contribution in [0, 0.1) is 5.92 Å². The van der Waals surface area contributed by atoms with E-state index in [1.807, 2.05) is 18.2 Å². The summed E-state index contributed by atoms with van der Waals surface area (Å²) in [7, 11) is 0. The third-order valence-electron chi connectivity index (χ3n) is 3.29. The fourth-order valence-electron chi connectivity index (χ4n) is 2.18. The molecule has 2 rings (SSSR count). The molecule has 1 aromatic heterocycles. The van der Waals surface area contributed by atoms with E-state index in [4.69, 9.17) is 11.6 Å². The molecule has 20 heavy (non-hydrogen) atoms. The highest BCUT2D eigenvalue weighted by atomic mass is 35.5. The molecule has 6 nitrogen and oxygen atoms in total. The molecular weight excluding hydrogens is 280 g/mol. The lowest BCUT2D eigenvalue weighted by molar-refractivity contribution is -0.130. The Balaban J connectivity index is 1.79. The minimum Gasteiger partial charge on any atom is -0.357 e. The zero-order chi connectivity index (χ0) is 14.4. The summed E-state index contributed by atoms with van der Waals surface area (Å²) in [4.78, 5) is 29.3. The first-order valence-corrected chi connectivity index (χ1v) is 7.05. The molecule has 1 fully saturated rings. The highest BCUT2D eigenvalue weighted by Crippen LogP contribution is 2.21. The maximum atomic E-state index is 11.9. The molecule has 1 aromatic rings. The molecule has 108 valence electrons. The van der Waals surface area contributed by atoms with Gasteiger partial charge in [-0.15, -0.1) is 11.6 Å². The molecule has 2 N–H and O–H groups in total. The smallest absolute Gasteiger partial charge is 0.253 e. The second kappa shape index (κ2) is 7.09. The zero-order valence-corrected chi connectivity index (χ0v) is 11.8. The van der Waals surface area contributed by atoms with Crippen LogP contribution in [-0.4, -0.2) is 35.8 Å². The van der Waals surface area contributed by atoms with Crippen LogP contribution >= 0.6 is 11.6 Å². The molecule has 0 spiro atoms. The Bertz CT molecular complexity index is 461. The minimum atomic E-state index is -0.411. The Morgan fingerprint density at radius 3 is 2.65 bits per heavy atom. The van der Waals surface area contributed by atoms with Crippen molar-refractivity contribution >= 4 is 29.2 Å². The van der Waals surface area contributed by atoms with E-state index in [-0.39, 0.29) is 17.7 Å². The van der Waals surface area contributed by atoms with Crippen molar-refractivity contribution in [1.82, 2.24) is 15.8 Å². The molecular formula is C13H17ClN4O2. The number of carbonyl (C=O) groups is 2. The Morgan fingerprint density at radius 2 is 2.05 bits per heavy atom. The Kier molecular flexibility index (Phi) is 5.17. The number of alkyl halides is 1. The van der Waals surface area contributed by atoms with Crippen molar-refractivity contribution in [2.75, 3.05) is 23.9 Å². The Morgan fingerprint density at radius 1 is 1.30 bits per heavy atom. The number of hydrogen-bond acceptors (Lipinski definition) is 4. The number of carbonyl (C=O) groups excluding carboxylic acids is 2. The SMILES string of the molecule is O=C(CCl)NNC(=O)C1CCN(c2ccccn2)CC1. The van der Waals surface area contributed by atoms with Crippen molar-refractivity contribution in [3.63, 3.8) is 0 Å². The fourth-order valence-corrected chi connectivity index (χ4v) is 2.25. The maximum Gasteiger partial charge on any atom is 0.253 e. The number of hydrogen-bond donors (Lipinski definition) is 2. The predicted molar refractivity (Wildman–Crippen MR) is 76.2 cm³/mol. The molecule has 2 heterocycles. The normalized spacial score (nSPS) is 15.8. The van der Waals surface area contributed by atoms with Crippen LogP contribution in [0.2, 0.25) is 0 Å². The quantitative estimate of drug-likeness (QED) is 0.635. The molecule has 1 saturated heterocycles. The van der Waals surface area contributed by atoms with Crippen LogP contribution in [0.15, 0.2) is 24.4 Å². The summed E-state index contributed by atoms with van der Waals surface area (Å²) >= 11 is 5.33. The first kappa shape index (κ1) is 14.6. The number of piperidine rings is 1. The summed E-state index contributed by atoms with van der Waals surface area (Å²) in [5.74, 6) is 0.0979. The van der Waals surface area contributed by atoms with Crippen molar-refractivity contribution in [2.24, 2.45) is 5.92 Å². The van der Waals surface area contributed by atoms with Gasteiger partial charge in [-0.1, -0.05) is 6.07 Å². The van der Waals surface area contributed by atoms with Crippen molar-refractivity contribution in [2.45, 2.75) is 12.8 Å². The Labute approximate surface area is 122 Å². The number of aromatic nitrogens is 1.